The van der Waals surface area contributed by atoms with Crippen molar-refractivity contribution in [1.29, 1.82) is 0 Å². The van der Waals surface area contributed by atoms with Crippen molar-refractivity contribution >= 4 is 52.2 Å². The Hall–Kier alpha value is -5.50. The molecule has 268 valence electrons. The molecule has 2 aliphatic rings. The second-order valence-corrected chi connectivity index (χ2v) is 14.0. The van der Waals surface area contributed by atoms with Crippen molar-refractivity contribution in [1.82, 2.24) is 0 Å². The zero-order valence-electron chi connectivity index (χ0n) is 29.7. The van der Waals surface area contributed by atoms with Gasteiger partial charge in [0.15, 0.2) is 5.66 Å². The lowest BCUT2D eigenvalue weighted by molar-refractivity contribution is -0.136. The number of esters is 2. The predicted octanol–water partition coefficient (Wildman–Crippen LogP) is 9.60. The summed E-state index contributed by atoms with van der Waals surface area (Å²) in [4.78, 5) is 34.4. The van der Waals surface area contributed by atoms with E-state index in [2.05, 4.69) is 39.0 Å². The predicted molar refractivity (Wildman–Crippen MR) is 212 cm³/mol. The molecule has 0 amide bonds. The molecule has 7 rings (SSSR count). The van der Waals surface area contributed by atoms with Crippen molar-refractivity contribution in [2.24, 2.45) is 5.92 Å². The van der Waals surface area contributed by atoms with Gasteiger partial charge in [0, 0.05) is 40.6 Å². The third-order valence-electron chi connectivity index (χ3n) is 10.1. The van der Waals surface area contributed by atoms with E-state index in [-0.39, 0.29) is 0 Å². The second-order valence-electron chi connectivity index (χ2n) is 13.1. The maximum absolute atomic E-state index is 14.1. The highest BCUT2D eigenvalue weighted by Gasteiger charge is 2.65. The number of anilines is 3. The van der Waals surface area contributed by atoms with Gasteiger partial charge in [0.1, 0.15) is 0 Å². The van der Waals surface area contributed by atoms with Gasteiger partial charge in [0.25, 0.3) is 0 Å². The Labute approximate surface area is 320 Å². The first kappa shape index (κ1) is 35.9. The van der Waals surface area contributed by atoms with Crippen molar-refractivity contribution in [2.75, 3.05) is 28.9 Å². The van der Waals surface area contributed by atoms with E-state index < -0.39 is 23.5 Å². The fraction of sp³-hybridized carbons (Fsp3) is 0.182. The van der Waals surface area contributed by atoms with Crippen LogP contribution in [0.25, 0.3) is 0 Å². The number of benzene rings is 5. The quantitative estimate of drug-likeness (QED) is 0.110. The van der Waals surface area contributed by atoms with Crippen LogP contribution in [0, 0.1) is 5.92 Å². The van der Waals surface area contributed by atoms with Gasteiger partial charge >= 0.3 is 11.9 Å². The first-order valence-electron chi connectivity index (χ1n) is 17.4. The lowest BCUT2D eigenvalue weighted by Gasteiger charge is -2.48. The standard InChI is InChI=1S/C44H39Cl2N3O4/c1-30(43(51)53-3)42-44(37(26-31-12-6-4-7-13-31)40(27-41(50)52-2)49(42)36-14-8-5-9-15-36)47(28-32-18-22-34(45)23-19-32)38-16-10-11-17-39(38)48(44)29-33-20-24-35(46)25-21-33/h4-25,27,37H,26,28-29H2,1-3H3/b40-27+,42-30+. The SMILES string of the molecule is COC(=O)/C=C1\C(Cc2ccccc2)C2(/C(=C(/C)C(=O)OC)N1c1ccccc1)N(Cc1ccc(Cl)cc1)c1ccccc1N2Cc1ccc(Cl)cc1. The number of carbonyl (C=O) groups excluding carboxylic acids is 2. The van der Waals surface area contributed by atoms with Crippen LogP contribution in [0.1, 0.15) is 23.6 Å². The van der Waals surface area contributed by atoms with Gasteiger partial charge in [-0.15, -0.1) is 0 Å². The summed E-state index contributed by atoms with van der Waals surface area (Å²) in [7, 11) is 2.78. The number of hydrogen-bond acceptors (Lipinski definition) is 7. The lowest BCUT2D eigenvalue weighted by Crippen LogP contribution is -2.62. The molecular formula is C44H39Cl2N3O4. The first-order chi connectivity index (χ1) is 25.8. The summed E-state index contributed by atoms with van der Waals surface area (Å²) in [6.45, 7) is 2.70. The van der Waals surface area contributed by atoms with Gasteiger partial charge in [-0.1, -0.05) is 108 Å². The molecule has 5 aromatic carbocycles. The number of methoxy groups -OCH3 is 2. The lowest BCUT2D eigenvalue weighted by atomic mass is 9.82. The van der Waals surface area contributed by atoms with Gasteiger partial charge in [-0.2, -0.15) is 0 Å². The van der Waals surface area contributed by atoms with Gasteiger partial charge in [-0.05, 0) is 78.6 Å². The zero-order valence-corrected chi connectivity index (χ0v) is 31.2. The van der Waals surface area contributed by atoms with E-state index in [1.54, 1.807) is 6.08 Å². The molecule has 0 aromatic heterocycles. The summed E-state index contributed by atoms with van der Waals surface area (Å²) >= 11 is 12.8. The highest BCUT2D eigenvalue weighted by atomic mass is 35.5. The van der Waals surface area contributed by atoms with Gasteiger partial charge < -0.3 is 24.2 Å². The molecule has 1 atom stereocenters. The van der Waals surface area contributed by atoms with Crippen molar-refractivity contribution in [3.63, 3.8) is 0 Å². The number of fused-ring (bicyclic) bond motifs is 1. The largest absolute Gasteiger partial charge is 0.466 e. The molecule has 0 saturated carbocycles. The molecule has 0 bridgehead atoms. The van der Waals surface area contributed by atoms with Crippen LogP contribution in [0.15, 0.2) is 157 Å². The summed E-state index contributed by atoms with van der Waals surface area (Å²) in [6, 6.07) is 44.0. The van der Waals surface area contributed by atoms with Crippen molar-refractivity contribution in [2.45, 2.75) is 32.1 Å². The van der Waals surface area contributed by atoms with Crippen LogP contribution in [0.4, 0.5) is 17.1 Å². The number of rotatable bonds is 9. The fourth-order valence-corrected chi connectivity index (χ4v) is 8.08. The van der Waals surface area contributed by atoms with Gasteiger partial charge in [-0.25, -0.2) is 9.59 Å². The molecule has 1 saturated heterocycles. The van der Waals surface area contributed by atoms with Crippen molar-refractivity contribution < 1.29 is 19.1 Å². The number of nitrogens with zero attached hydrogens (tertiary/aromatic N) is 3. The Morgan fingerprint density at radius 2 is 1.15 bits per heavy atom. The minimum absolute atomic E-state index is 0.401. The molecule has 0 aliphatic carbocycles. The molecule has 5 aromatic rings. The van der Waals surface area contributed by atoms with Crippen molar-refractivity contribution in [3.05, 3.63) is 183 Å². The van der Waals surface area contributed by atoms with E-state index in [1.165, 1.54) is 14.2 Å². The van der Waals surface area contributed by atoms with Crippen molar-refractivity contribution in [3.8, 4) is 0 Å². The molecule has 53 heavy (non-hydrogen) atoms. The molecule has 7 nitrogen and oxygen atoms in total. The topological polar surface area (TPSA) is 62.3 Å². The van der Waals surface area contributed by atoms with E-state index in [4.69, 9.17) is 32.7 Å². The van der Waals surface area contributed by atoms with E-state index in [1.807, 2.05) is 116 Å². The monoisotopic (exact) mass is 743 g/mol. The molecular weight excluding hydrogens is 705 g/mol. The number of hydrogen-bond donors (Lipinski definition) is 0. The Kier molecular flexibility index (Phi) is 10.3. The van der Waals surface area contributed by atoms with Gasteiger partial charge in [0.2, 0.25) is 0 Å². The number of carbonyl (C=O) groups is 2. The third kappa shape index (κ3) is 6.67. The summed E-state index contributed by atoms with van der Waals surface area (Å²) in [6.07, 6.45) is 2.08. The summed E-state index contributed by atoms with van der Waals surface area (Å²) < 4.78 is 10.8. The summed E-state index contributed by atoms with van der Waals surface area (Å²) in [5.74, 6) is -1.44. The normalized spacial score (nSPS) is 17.6. The third-order valence-corrected chi connectivity index (χ3v) is 10.6. The number of para-hydroxylation sites is 3. The van der Waals surface area contributed by atoms with Crippen LogP contribution in [0.3, 0.4) is 0 Å². The summed E-state index contributed by atoms with van der Waals surface area (Å²) in [5.41, 5.74) is 6.45. The highest BCUT2D eigenvalue weighted by Crippen LogP contribution is 2.61. The minimum Gasteiger partial charge on any atom is -0.466 e. The van der Waals surface area contributed by atoms with Gasteiger partial charge in [-0.3, -0.25) is 0 Å². The van der Waals surface area contributed by atoms with E-state index in [9.17, 15) is 9.59 Å². The number of ether oxygens (including phenoxy) is 2. The Balaban J connectivity index is 1.63. The molecule has 1 spiro atoms. The Bertz CT molecular complexity index is 2100. The van der Waals surface area contributed by atoms with Gasteiger partial charge in [0.05, 0.1) is 42.8 Å². The second kappa shape index (κ2) is 15.2. The van der Waals surface area contributed by atoms with Crippen LogP contribution in [0.5, 0.6) is 0 Å². The van der Waals surface area contributed by atoms with Crippen LogP contribution < -0.4 is 14.7 Å². The zero-order chi connectivity index (χ0) is 37.1. The van der Waals surface area contributed by atoms with Crippen LogP contribution in [-0.4, -0.2) is 31.8 Å². The highest BCUT2D eigenvalue weighted by molar-refractivity contribution is 6.30. The molecule has 2 heterocycles. The molecule has 0 N–H and O–H groups in total. The molecule has 1 unspecified atom stereocenters. The molecule has 1 fully saturated rings. The number of halogens is 2. The first-order valence-corrected chi connectivity index (χ1v) is 18.1. The van der Waals surface area contributed by atoms with E-state index >= 15 is 0 Å². The van der Waals surface area contributed by atoms with Crippen LogP contribution >= 0.6 is 23.2 Å². The average Bonchev–Trinajstić information content (AvgIpc) is 3.61. The molecule has 2 aliphatic heterocycles. The minimum atomic E-state index is -1.12. The Morgan fingerprint density at radius 3 is 1.64 bits per heavy atom. The maximum atomic E-state index is 14.1. The maximum Gasteiger partial charge on any atom is 0.335 e. The molecule has 0 radical (unpaired) electrons. The summed E-state index contributed by atoms with van der Waals surface area (Å²) in [5, 5.41) is 1.27. The average molecular weight is 745 g/mol. The Morgan fingerprint density at radius 1 is 0.660 bits per heavy atom. The van der Waals surface area contributed by atoms with E-state index in [0.29, 0.717) is 46.5 Å². The molecule has 9 heteroatoms. The van der Waals surface area contributed by atoms with E-state index in [0.717, 1.165) is 33.8 Å². The van der Waals surface area contributed by atoms with Crippen LogP contribution in [0.2, 0.25) is 10.0 Å². The van der Waals surface area contributed by atoms with Crippen LogP contribution in [-0.2, 0) is 38.6 Å². The smallest absolute Gasteiger partial charge is 0.335 e. The fourth-order valence-electron chi connectivity index (χ4n) is 7.83.